The van der Waals surface area contributed by atoms with Gasteiger partial charge in [0, 0.05) is 28.1 Å². The third kappa shape index (κ3) is 5.22. The van der Waals surface area contributed by atoms with E-state index in [0.717, 1.165) is 5.56 Å². The predicted molar refractivity (Wildman–Crippen MR) is 147 cm³/mol. The van der Waals surface area contributed by atoms with Crippen LogP contribution < -0.4 is 10.7 Å². The van der Waals surface area contributed by atoms with Gasteiger partial charge in [0.1, 0.15) is 24.6 Å². The Morgan fingerprint density at radius 1 is 0.868 bits per heavy atom. The summed E-state index contributed by atoms with van der Waals surface area (Å²) in [4.78, 5) is 40.1. The minimum absolute atomic E-state index is 0.0133. The number of dihydropyridines is 1. The molecule has 198 valence electrons. The first kappa shape index (κ1) is 27.5. The number of alkyl halides is 2. The van der Waals surface area contributed by atoms with Crippen molar-refractivity contribution in [2.45, 2.75) is 26.7 Å². The summed E-state index contributed by atoms with van der Waals surface area (Å²) in [6.07, 6.45) is 0. The van der Waals surface area contributed by atoms with Crippen molar-refractivity contribution in [3.8, 4) is 11.3 Å². The van der Waals surface area contributed by atoms with Gasteiger partial charge in [0.2, 0.25) is 0 Å². The number of allylic oxidation sites excluding steroid dienone is 2. The van der Waals surface area contributed by atoms with Crippen LogP contribution in [0.5, 0.6) is 0 Å². The summed E-state index contributed by atoms with van der Waals surface area (Å²) in [5.41, 5.74) is 3.06. The van der Waals surface area contributed by atoms with Crippen LogP contribution in [0, 0.1) is 6.92 Å². The highest BCUT2D eigenvalue weighted by Crippen LogP contribution is 2.42. The molecule has 0 spiro atoms. The Labute approximate surface area is 230 Å². The van der Waals surface area contributed by atoms with Gasteiger partial charge in [-0.1, -0.05) is 42.5 Å². The number of halogens is 2. The van der Waals surface area contributed by atoms with Crippen molar-refractivity contribution in [1.29, 1.82) is 0 Å². The van der Waals surface area contributed by atoms with E-state index in [2.05, 4.69) is 5.32 Å². The molecular weight excluding hydrogens is 529 g/mol. The fourth-order valence-corrected chi connectivity index (χ4v) is 4.84. The first-order valence-corrected chi connectivity index (χ1v) is 13.1. The van der Waals surface area contributed by atoms with Gasteiger partial charge in [0.05, 0.1) is 34.2 Å². The van der Waals surface area contributed by atoms with E-state index in [1.165, 1.54) is 0 Å². The molecular formula is C29H27Cl2NO6. The molecule has 1 aromatic heterocycles. The van der Waals surface area contributed by atoms with Gasteiger partial charge in [-0.15, -0.1) is 23.2 Å². The second-order valence-corrected chi connectivity index (χ2v) is 9.52. The van der Waals surface area contributed by atoms with Crippen molar-refractivity contribution >= 4 is 46.1 Å². The van der Waals surface area contributed by atoms with Crippen LogP contribution in [0.3, 0.4) is 0 Å². The molecule has 7 nitrogen and oxygen atoms in total. The van der Waals surface area contributed by atoms with E-state index in [-0.39, 0.29) is 47.1 Å². The van der Waals surface area contributed by atoms with Crippen molar-refractivity contribution in [2.75, 3.05) is 25.0 Å². The van der Waals surface area contributed by atoms with E-state index in [9.17, 15) is 14.4 Å². The normalized spacial score (nSPS) is 14.0. The largest absolute Gasteiger partial charge is 0.461 e. The Hall–Kier alpha value is -3.55. The molecule has 0 amide bonds. The predicted octanol–water partition coefficient (Wildman–Crippen LogP) is 5.57. The van der Waals surface area contributed by atoms with Crippen molar-refractivity contribution in [3.63, 3.8) is 0 Å². The molecule has 0 bridgehead atoms. The van der Waals surface area contributed by atoms with Crippen LogP contribution in [0.2, 0.25) is 0 Å². The van der Waals surface area contributed by atoms with E-state index in [0.29, 0.717) is 33.7 Å². The van der Waals surface area contributed by atoms with Gasteiger partial charge in [0.15, 0.2) is 5.43 Å². The standard InChI is InChI=1S/C29H27Cl2NO6/c1-16-25(33)21-11-7-10-20(27(21)38-26(16)19-8-5-4-6-9-19)24-22(28(34)36-14-12-30)17(2)32-18(3)23(24)29(35)37-15-13-31/h4-11,24,32H,12-15H2,1-3H3. The third-order valence-corrected chi connectivity index (χ3v) is 6.65. The van der Waals surface area contributed by atoms with Gasteiger partial charge < -0.3 is 19.2 Å². The number of hydrogen-bond acceptors (Lipinski definition) is 7. The van der Waals surface area contributed by atoms with Crippen molar-refractivity contribution < 1.29 is 23.5 Å². The van der Waals surface area contributed by atoms with Crippen molar-refractivity contribution in [1.82, 2.24) is 5.32 Å². The van der Waals surface area contributed by atoms with E-state index in [4.69, 9.17) is 37.1 Å². The summed E-state index contributed by atoms with van der Waals surface area (Å²) >= 11 is 11.5. The zero-order valence-electron chi connectivity index (χ0n) is 21.2. The first-order valence-electron chi connectivity index (χ1n) is 12.1. The monoisotopic (exact) mass is 555 g/mol. The molecule has 4 rings (SSSR count). The number of hydrogen-bond donors (Lipinski definition) is 1. The van der Waals surface area contributed by atoms with Gasteiger partial charge in [-0.3, -0.25) is 4.79 Å². The second kappa shape index (κ2) is 11.9. The lowest BCUT2D eigenvalue weighted by molar-refractivity contribution is -0.139. The van der Waals surface area contributed by atoms with Crippen LogP contribution in [0.1, 0.15) is 30.9 Å². The Bertz CT molecular complexity index is 1460. The third-order valence-electron chi connectivity index (χ3n) is 6.34. The number of rotatable bonds is 8. The van der Waals surface area contributed by atoms with E-state index in [1.54, 1.807) is 39.0 Å². The van der Waals surface area contributed by atoms with E-state index < -0.39 is 17.9 Å². The molecule has 2 heterocycles. The molecule has 0 atom stereocenters. The maximum absolute atomic E-state index is 13.5. The highest BCUT2D eigenvalue weighted by atomic mass is 35.5. The molecule has 38 heavy (non-hydrogen) atoms. The highest BCUT2D eigenvalue weighted by Gasteiger charge is 2.39. The van der Waals surface area contributed by atoms with Crippen molar-refractivity contribution in [3.05, 3.63) is 92.4 Å². The van der Waals surface area contributed by atoms with Gasteiger partial charge >= 0.3 is 11.9 Å². The molecule has 0 unspecified atom stereocenters. The highest BCUT2D eigenvalue weighted by molar-refractivity contribution is 6.18. The van der Waals surface area contributed by atoms with E-state index in [1.807, 2.05) is 30.3 Å². The molecule has 1 aliphatic rings. The first-order chi connectivity index (χ1) is 18.3. The second-order valence-electron chi connectivity index (χ2n) is 8.76. The molecule has 0 saturated heterocycles. The maximum atomic E-state index is 13.5. The van der Waals surface area contributed by atoms with Crippen LogP contribution in [0.25, 0.3) is 22.3 Å². The number of fused-ring (bicyclic) bond motifs is 1. The number of benzene rings is 2. The Balaban J connectivity index is 2.02. The fraction of sp³-hybridized carbons (Fsp3) is 0.276. The Kier molecular flexibility index (Phi) is 8.59. The van der Waals surface area contributed by atoms with Gasteiger partial charge in [-0.2, -0.15) is 0 Å². The number of nitrogens with one attached hydrogen (secondary N) is 1. The molecule has 1 N–H and O–H groups in total. The smallest absolute Gasteiger partial charge is 0.336 e. The van der Waals surface area contributed by atoms with Crippen LogP contribution in [-0.2, 0) is 19.1 Å². The Morgan fingerprint density at radius 3 is 2.00 bits per heavy atom. The average Bonchev–Trinajstić information content (AvgIpc) is 2.92. The summed E-state index contributed by atoms with van der Waals surface area (Å²) in [5.74, 6) is -1.61. The Morgan fingerprint density at radius 2 is 1.45 bits per heavy atom. The number of esters is 2. The summed E-state index contributed by atoms with van der Waals surface area (Å²) < 4.78 is 17.2. The molecule has 9 heteroatoms. The molecule has 0 aliphatic carbocycles. The maximum Gasteiger partial charge on any atom is 0.336 e. The molecule has 0 radical (unpaired) electrons. The van der Waals surface area contributed by atoms with Gasteiger partial charge in [-0.25, -0.2) is 9.59 Å². The fourth-order valence-electron chi connectivity index (χ4n) is 4.69. The summed E-state index contributed by atoms with van der Waals surface area (Å²) in [5, 5.41) is 3.43. The molecule has 0 fully saturated rings. The molecule has 1 aliphatic heterocycles. The van der Waals surface area contributed by atoms with E-state index >= 15 is 0 Å². The van der Waals surface area contributed by atoms with Crippen LogP contribution in [0.4, 0.5) is 0 Å². The minimum atomic E-state index is -0.944. The number of para-hydroxylation sites is 1. The number of carbonyl (C=O) groups excluding carboxylic acids is 2. The van der Waals surface area contributed by atoms with Gasteiger partial charge in [-0.05, 0) is 26.8 Å². The van der Waals surface area contributed by atoms with Crippen LogP contribution >= 0.6 is 23.2 Å². The topological polar surface area (TPSA) is 94.8 Å². The summed E-state index contributed by atoms with van der Waals surface area (Å²) in [7, 11) is 0. The minimum Gasteiger partial charge on any atom is -0.461 e. The van der Waals surface area contributed by atoms with Crippen LogP contribution in [-0.4, -0.2) is 36.9 Å². The zero-order chi connectivity index (χ0) is 27.4. The number of ether oxygens (including phenoxy) is 2. The number of carbonyl (C=O) groups is 2. The zero-order valence-corrected chi connectivity index (χ0v) is 22.7. The summed E-state index contributed by atoms with van der Waals surface area (Å²) in [6, 6.07) is 14.4. The molecule has 0 saturated carbocycles. The molecule has 3 aromatic rings. The summed E-state index contributed by atoms with van der Waals surface area (Å²) in [6.45, 7) is 5.12. The SMILES string of the molecule is CC1=C(C(=O)OCCCl)C(c2cccc3c(=O)c(C)c(-c4ccccc4)oc23)C(C(=O)OCCCl)=C(C)N1. The quantitative estimate of drug-likeness (QED) is 0.287. The lowest BCUT2D eigenvalue weighted by atomic mass is 9.79. The lowest BCUT2D eigenvalue weighted by Crippen LogP contribution is -2.33. The van der Waals surface area contributed by atoms with Crippen molar-refractivity contribution in [2.24, 2.45) is 0 Å². The van der Waals surface area contributed by atoms with Gasteiger partial charge in [0.25, 0.3) is 0 Å². The molecule has 2 aromatic carbocycles. The lowest BCUT2D eigenvalue weighted by Gasteiger charge is -2.30. The van der Waals surface area contributed by atoms with Crippen LogP contribution in [0.15, 0.2) is 80.3 Å². The average molecular weight is 556 g/mol.